The van der Waals surface area contributed by atoms with Gasteiger partial charge in [-0.1, -0.05) is 51.5 Å². The molecular formula is C44H62N6O8. The van der Waals surface area contributed by atoms with Gasteiger partial charge in [-0.15, -0.1) is 0 Å². The molecule has 0 bridgehead atoms. The fourth-order valence-electron chi connectivity index (χ4n) is 8.31. The van der Waals surface area contributed by atoms with Gasteiger partial charge < -0.3 is 33.9 Å². The fraction of sp³-hybridized carbons (Fsp3) is 0.614. The first-order valence-electron chi connectivity index (χ1n) is 21.4. The summed E-state index contributed by atoms with van der Waals surface area (Å²) in [4.78, 5) is 73.5. The highest BCUT2D eigenvalue weighted by Gasteiger charge is 2.35. The zero-order valence-electron chi connectivity index (χ0n) is 34.8. The number of urea groups is 1. The number of piperidine rings is 3. The maximum Gasteiger partial charge on any atom is 0.417 e. The topological polar surface area (TPSA) is 158 Å². The SMILES string of the molecule is CCCCOC(=O)CN1CCC(C)CC1.Cc1cc(C[C@@H](OC(=O)N2CCC(N3CCc4ccccc4NC3=O)CC2)C(=O)N2CCC(C)CC2)cc2oc(=O)[nH]c12. The van der Waals surface area contributed by atoms with Gasteiger partial charge in [0.05, 0.1) is 18.7 Å². The number of rotatable bonds is 10. The van der Waals surface area contributed by atoms with Crippen molar-refractivity contribution in [1.29, 1.82) is 0 Å². The predicted octanol–water partition coefficient (Wildman–Crippen LogP) is 6.35. The minimum atomic E-state index is -1.00. The lowest BCUT2D eigenvalue weighted by Crippen LogP contribution is -2.51. The Labute approximate surface area is 341 Å². The Kier molecular flexibility index (Phi) is 14.9. The van der Waals surface area contributed by atoms with Gasteiger partial charge in [-0.25, -0.2) is 14.4 Å². The Morgan fingerprint density at radius 3 is 2.26 bits per heavy atom. The Balaban J connectivity index is 0.000000319. The molecule has 7 rings (SSSR count). The van der Waals surface area contributed by atoms with Crippen LogP contribution in [-0.2, 0) is 31.9 Å². The molecule has 3 saturated heterocycles. The third-order valence-corrected chi connectivity index (χ3v) is 12.1. The number of carbonyl (C=O) groups is 4. The minimum Gasteiger partial charge on any atom is -0.465 e. The number of unbranched alkanes of at least 4 members (excludes halogenated alkanes) is 1. The van der Waals surface area contributed by atoms with Crippen molar-refractivity contribution >= 4 is 40.8 Å². The number of aryl methyl sites for hydroxylation is 1. The molecule has 4 aliphatic rings. The van der Waals surface area contributed by atoms with Crippen LogP contribution in [-0.4, -0.2) is 120 Å². The number of H-pyrrole nitrogens is 1. The van der Waals surface area contributed by atoms with E-state index in [2.05, 4.69) is 36.0 Å². The van der Waals surface area contributed by atoms with E-state index in [0.717, 1.165) is 73.5 Å². The molecule has 2 aromatic carbocycles. The second kappa shape index (κ2) is 20.2. The molecule has 1 atom stereocenters. The molecule has 3 fully saturated rings. The van der Waals surface area contributed by atoms with Crippen molar-refractivity contribution in [2.45, 2.75) is 104 Å². The summed E-state index contributed by atoms with van der Waals surface area (Å²) in [7, 11) is 0. The molecule has 14 heteroatoms. The summed E-state index contributed by atoms with van der Waals surface area (Å²) < 4.78 is 16.4. The molecule has 0 unspecified atom stereocenters. The average Bonchev–Trinajstić information content (AvgIpc) is 3.51. The second-order valence-electron chi connectivity index (χ2n) is 16.7. The molecule has 1 aromatic heterocycles. The highest BCUT2D eigenvalue weighted by atomic mass is 16.6. The molecule has 316 valence electrons. The quantitative estimate of drug-likeness (QED) is 0.176. The van der Waals surface area contributed by atoms with Crippen LogP contribution < -0.4 is 11.1 Å². The third kappa shape index (κ3) is 11.4. The standard InChI is InChI=1S/C32H39N5O6.C12H23NO2/c1-20-7-12-35(13-8-20)29(38)27(19-22-17-21(2)28-26(18-22)42-31(40)34-28)43-32(41)36-14-10-24(11-15-36)37-16-9-23-5-3-4-6-25(23)33-30(37)39;1-3-4-9-15-12(14)10-13-7-5-11(2)6-8-13/h3-6,17-18,20,24,27H,7-16,19H2,1-2H3,(H,33,39)(H,34,40);11H,3-10H2,1-2H3/t27-;/m1./s1. The lowest BCUT2D eigenvalue weighted by molar-refractivity contribution is -0.145. The van der Waals surface area contributed by atoms with E-state index in [1.807, 2.05) is 42.2 Å². The number of nitrogens with one attached hydrogen (secondary N) is 2. The van der Waals surface area contributed by atoms with Gasteiger partial charge in [0.25, 0.3) is 5.91 Å². The van der Waals surface area contributed by atoms with E-state index in [0.29, 0.717) is 75.7 Å². The van der Waals surface area contributed by atoms with Crippen molar-refractivity contribution < 1.29 is 33.1 Å². The number of benzene rings is 2. The monoisotopic (exact) mass is 802 g/mol. The molecule has 4 aliphatic heterocycles. The van der Waals surface area contributed by atoms with Crippen molar-refractivity contribution in [2.75, 3.05) is 64.3 Å². The first-order chi connectivity index (χ1) is 28.0. The first-order valence-corrected chi connectivity index (χ1v) is 21.4. The molecule has 0 aliphatic carbocycles. The zero-order valence-corrected chi connectivity index (χ0v) is 34.8. The molecule has 0 radical (unpaired) electrons. The van der Waals surface area contributed by atoms with Gasteiger partial charge in [-0.2, -0.15) is 0 Å². The van der Waals surface area contributed by atoms with E-state index in [1.165, 1.54) is 12.8 Å². The normalized spacial score (nSPS) is 19.1. The van der Waals surface area contributed by atoms with Gasteiger partial charge >= 0.3 is 23.8 Å². The molecule has 58 heavy (non-hydrogen) atoms. The van der Waals surface area contributed by atoms with Crippen LogP contribution in [0.15, 0.2) is 45.6 Å². The van der Waals surface area contributed by atoms with Crippen molar-refractivity contribution in [1.82, 2.24) is 24.6 Å². The number of esters is 1. The number of oxazole rings is 1. The molecule has 0 spiro atoms. The molecule has 5 heterocycles. The van der Waals surface area contributed by atoms with Crippen molar-refractivity contribution in [3.05, 3.63) is 63.6 Å². The number of carbonyl (C=O) groups excluding carboxylic acids is 4. The average molecular weight is 803 g/mol. The molecule has 14 nitrogen and oxygen atoms in total. The van der Waals surface area contributed by atoms with Crippen LogP contribution in [0.5, 0.6) is 0 Å². The maximum atomic E-state index is 13.7. The Hall–Kier alpha value is -4.85. The second-order valence-corrected chi connectivity index (χ2v) is 16.7. The molecule has 2 N–H and O–H groups in total. The van der Waals surface area contributed by atoms with E-state index in [1.54, 1.807) is 15.9 Å². The van der Waals surface area contributed by atoms with Gasteiger partial charge in [0, 0.05) is 50.9 Å². The van der Waals surface area contributed by atoms with Crippen LogP contribution in [0.25, 0.3) is 11.1 Å². The number of para-hydroxylation sites is 1. The molecular weight excluding hydrogens is 741 g/mol. The van der Waals surface area contributed by atoms with Gasteiger partial charge in [0.1, 0.15) is 0 Å². The number of likely N-dealkylation sites (tertiary alicyclic amines) is 3. The van der Waals surface area contributed by atoms with E-state index < -0.39 is 18.0 Å². The highest BCUT2D eigenvalue weighted by molar-refractivity contribution is 5.91. The van der Waals surface area contributed by atoms with Crippen molar-refractivity contribution in [3.8, 4) is 0 Å². The number of aromatic nitrogens is 1. The number of hydrogen-bond donors (Lipinski definition) is 2. The minimum absolute atomic E-state index is 0.0110. The number of aromatic amines is 1. The number of nitrogens with zero attached hydrogens (tertiary/aromatic N) is 4. The highest BCUT2D eigenvalue weighted by Crippen LogP contribution is 2.26. The lowest BCUT2D eigenvalue weighted by Gasteiger charge is -2.38. The summed E-state index contributed by atoms with van der Waals surface area (Å²) in [5.41, 5.74) is 4.55. The molecule has 0 saturated carbocycles. The van der Waals surface area contributed by atoms with E-state index in [9.17, 15) is 24.0 Å². The van der Waals surface area contributed by atoms with Gasteiger partial charge in [-0.05, 0) is 112 Å². The number of anilines is 1. The summed E-state index contributed by atoms with van der Waals surface area (Å²) in [6.07, 6.45) is 6.97. The van der Waals surface area contributed by atoms with Crippen LogP contribution in [0.1, 0.15) is 88.8 Å². The van der Waals surface area contributed by atoms with Crippen LogP contribution in [0.4, 0.5) is 15.3 Å². The predicted molar refractivity (Wildman–Crippen MR) is 222 cm³/mol. The Morgan fingerprint density at radius 1 is 0.879 bits per heavy atom. The van der Waals surface area contributed by atoms with Crippen LogP contribution in [0.3, 0.4) is 0 Å². The lowest BCUT2D eigenvalue weighted by atomic mass is 9.98. The van der Waals surface area contributed by atoms with Crippen LogP contribution >= 0.6 is 0 Å². The van der Waals surface area contributed by atoms with E-state index >= 15 is 0 Å². The summed E-state index contributed by atoms with van der Waals surface area (Å²) >= 11 is 0. The molecule has 4 amide bonds. The van der Waals surface area contributed by atoms with Crippen LogP contribution in [0.2, 0.25) is 0 Å². The Morgan fingerprint density at radius 2 is 1.55 bits per heavy atom. The van der Waals surface area contributed by atoms with Gasteiger partial charge in [0.15, 0.2) is 11.7 Å². The van der Waals surface area contributed by atoms with Crippen molar-refractivity contribution in [3.63, 3.8) is 0 Å². The number of fused-ring (bicyclic) bond motifs is 2. The fourth-order valence-corrected chi connectivity index (χ4v) is 8.31. The van der Waals surface area contributed by atoms with Gasteiger partial charge in [-0.3, -0.25) is 19.5 Å². The number of amides is 4. The summed E-state index contributed by atoms with van der Waals surface area (Å²) in [5, 5.41) is 3.03. The van der Waals surface area contributed by atoms with E-state index in [-0.39, 0.29) is 30.4 Å². The number of hydrogen-bond acceptors (Lipinski definition) is 9. The first kappa shape index (κ1) is 42.7. The van der Waals surface area contributed by atoms with Crippen LogP contribution in [0, 0.1) is 18.8 Å². The summed E-state index contributed by atoms with van der Waals surface area (Å²) in [6, 6.07) is 11.4. The van der Waals surface area contributed by atoms with Crippen molar-refractivity contribution in [2.24, 2.45) is 11.8 Å². The maximum absolute atomic E-state index is 13.7. The Bertz CT molecular complexity index is 1920. The zero-order chi connectivity index (χ0) is 41.2. The third-order valence-electron chi connectivity index (χ3n) is 12.1. The summed E-state index contributed by atoms with van der Waals surface area (Å²) in [6.45, 7) is 14.3. The molecule has 3 aromatic rings. The van der Waals surface area contributed by atoms with Gasteiger partial charge in [0.2, 0.25) is 0 Å². The summed E-state index contributed by atoms with van der Waals surface area (Å²) in [5.74, 6) is 0.565. The smallest absolute Gasteiger partial charge is 0.417 e. The largest absolute Gasteiger partial charge is 0.465 e. The van der Waals surface area contributed by atoms with E-state index in [4.69, 9.17) is 13.9 Å². The number of ether oxygens (including phenoxy) is 2.